The monoisotopic (exact) mass is 357 g/mol. The highest BCUT2D eigenvalue weighted by Crippen LogP contribution is 2.24. The number of rotatable bonds is 5. The van der Waals surface area contributed by atoms with Crippen LogP contribution in [-0.4, -0.2) is 19.7 Å². The maximum Gasteiger partial charge on any atom is 0.163 e. The first-order valence-corrected chi connectivity index (χ1v) is 9.19. The van der Waals surface area contributed by atoms with Gasteiger partial charge in [-0.25, -0.2) is 14.6 Å². The van der Waals surface area contributed by atoms with E-state index in [4.69, 9.17) is 0 Å². The number of anilines is 2. The summed E-state index contributed by atoms with van der Waals surface area (Å²) in [5.41, 5.74) is 5.60. The van der Waals surface area contributed by atoms with Crippen LogP contribution in [0.4, 0.5) is 11.5 Å². The largest absolute Gasteiger partial charge is 0.340 e. The summed E-state index contributed by atoms with van der Waals surface area (Å²) in [5.74, 6) is 1.29. The van der Waals surface area contributed by atoms with Crippen molar-refractivity contribution in [2.24, 2.45) is 0 Å². The van der Waals surface area contributed by atoms with Crippen LogP contribution in [0.3, 0.4) is 0 Å². The summed E-state index contributed by atoms with van der Waals surface area (Å²) in [6, 6.07) is 16.9. The van der Waals surface area contributed by atoms with Crippen LogP contribution in [0.15, 0.2) is 61.1 Å². The highest BCUT2D eigenvalue weighted by molar-refractivity contribution is 5.88. The summed E-state index contributed by atoms with van der Waals surface area (Å²) in [6.07, 6.45) is 3.41. The summed E-state index contributed by atoms with van der Waals surface area (Å²) in [7, 11) is 0. The number of nitrogens with zero attached hydrogens (tertiary/aromatic N) is 4. The predicted octanol–water partition coefficient (Wildman–Crippen LogP) is 5.05. The van der Waals surface area contributed by atoms with Crippen LogP contribution in [0.2, 0.25) is 0 Å². The van der Waals surface area contributed by atoms with Crippen molar-refractivity contribution in [1.29, 1.82) is 0 Å². The molecular formula is C22H23N5. The highest BCUT2D eigenvalue weighted by Gasteiger charge is 2.10. The quantitative estimate of drug-likeness (QED) is 0.543. The number of nitrogens with one attached hydrogen (secondary N) is 1. The van der Waals surface area contributed by atoms with Gasteiger partial charge in [0.1, 0.15) is 12.1 Å². The molecule has 5 nitrogen and oxygen atoms in total. The van der Waals surface area contributed by atoms with Crippen molar-refractivity contribution in [3.63, 3.8) is 0 Å². The van der Waals surface area contributed by atoms with Gasteiger partial charge in [0.05, 0.1) is 18.1 Å². The Bertz CT molecular complexity index is 1050. The maximum absolute atomic E-state index is 4.53. The third-order valence-electron chi connectivity index (χ3n) is 4.73. The second-order valence-electron chi connectivity index (χ2n) is 7.15. The lowest BCUT2D eigenvalue weighted by atomic mass is 10.0. The molecule has 1 N–H and O–H groups in total. The lowest BCUT2D eigenvalue weighted by Gasteiger charge is -2.09. The standard InChI is InChI=1S/C22H23N5/c1-15(2)18-8-10-19(11-9-18)26-21-20-12-25-27(22(20)24-14-23-21)13-17-6-4-16(3)5-7-17/h4-12,14-15H,13H2,1-3H3,(H,23,24,26). The molecule has 0 fully saturated rings. The molecule has 2 aromatic carbocycles. The molecule has 0 unspecified atom stereocenters. The van der Waals surface area contributed by atoms with Gasteiger partial charge in [0.15, 0.2) is 5.65 Å². The molecule has 5 heteroatoms. The molecule has 136 valence electrons. The lowest BCUT2D eigenvalue weighted by Crippen LogP contribution is -2.03. The number of fused-ring (bicyclic) bond motifs is 1. The Hall–Kier alpha value is -3.21. The molecule has 27 heavy (non-hydrogen) atoms. The minimum Gasteiger partial charge on any atom is -0.340 e. The first-order chi connectivity index (χ1) is 13.1. The zero-order chi connectivity index (χ0) is 18.8. The first-order valence-electron chi connectivity index (χ1n) is 9.19. The van der Waals surface area contributed by atoms with E-state index in [9.17, 15) is 0 Å². The lowest BCUT2D eigenvalue weighted by molar-refractivity contribution is 0.703. The summed E-state index contributed by atoms with van der Waals surface area (Å²) >= 11 is 0. The number of aryl methyl sites for hydroxylation is 1. The van der Waals surface area contributed by atoms with E-state index in [-0.39, 0.29) is 0 Å². The molecule has 0 aliphatic heterocycles. The molecule has 4 rings (SSSR count). The van der Waals surface area contributed by atoms with Gasteiger partial charge in [-0.05, 0) is 36.1 Å². The van der Waals surface area contributed by atoms with Gasteiger partial charge in [0, 0.05) is 5.69 Å². The van der Waals surface area contributed by atoms with Gasteiger partial charge in [0.2, 0.25) is 0 Å². The molecular weight excluding hydrogens is 334 g/mol. The number of hydrogen-bond donors (Lipinski definition) is 1. The highest BCUT2D eigenvalue weighted by atomic mass is 15.3. The van der Waals surface area contributed by atoms with E-state index in [2.05, 4.69) is 89.7 Å². The Morgan fingerprint density at radius 3 is 2.41 bits per heavy atom. The van der Waals surface area contributed by atoms with Crippen molar-refractivity contribution in [2.45, 2.75) is 33.2 Å². The summed E-state index contributed by atoms with van der Waals surface area (Å²) < 4.78 is 1.91. The average molecular weight is 357 g/mol. The van der Waals surface area contributed by atoms with E-state index >= 15 is 0 Å². The molecule has 0 saturated carbocycles. The number of aromatic nitrogens is 4. The zero-order valence-corrected chi connectivity index (χ0v) is 15.8. The Morgan fingerprint density at radius 1 is 0.963 bits per heavy atom. The molecule has 0 bridgehead atoms. The maximum atomic E-state index is 4.53. The van der Waals surface area contributed by atoms with Gasteiger partial charge in [-0.2, -0.15) is 5.10 Å². The zero-order valence-electron chi connectivity index (χ0n) is 15.8. The van der Waals surface area contributed by atoms with Crippen molar-refractivity contribution < 1.29 is 0 Å². The van der Waals surface area contributed by atoms with Crippen molar-refractivity contribution in [3.05, 3.63) is 77.7 Å². The Kier molecular flexibility index (Phi) is 4.59. The van der Waals surface area contributed by atoms with Crippen LogP contribution < -0.4 is 5.32 Å². The normalized spacial score (nSPS) is 11.3. The fraction of sp³-hybridized carbons (Fsp3) is 0.227. The topological polar surface area (TPSA) is 55.6 Å². The van der Waals surface area contributed by atoms with Gasteiger partial charge in [-0.15, -0.1) is 0 Å². The van der Waals surface area contributed by atoms with Gasteiger partial charge in [-0.3, -0.25) is 0 Å². The molecule has 0 aliphatic carbocycles. The minimum absolute atomic E-state index is 0.518. The number of hydrogen-bond acceptors (Lipinski definition) is 4. The predicted molar refractivity (Wildman–Crippen MR) is 109 cm³/mol. The van der Waals surface area contributed by atoms with Gasteiger partial charge in [-0.1, -0.05) is 55.8 Å². The third kappa shape index (κ3) is 3.67. The summed E-state index contributed by atoms with van der Waals surface area (Å²) in [6.45, 7) is 7.16. The van der Waals surface area contributed by atoms with Crippen LogP contribution >= 0.6 is 0 Å². The van der Waals surface area contributed by atoms with Crippen LogP contribution in [0.5, 0.6) is 0 Å². The second-order valence-corrected chi connectivity index (χ2v) is 7.15. The average Bonchev–Trinajstić information content (AvgIpc) is 3.08. The van der Waals surface area contributed by atoms with Crippen LogP contribution in [0, 0.1) is 6.92 Å². The third-order valence-corrected chi connectivity index (χ3v) is 4.73. The van der Waals surface area contributed by atoms with E-state index in [1.165, 1.54) is 16.7 Å². The molecule has 0 aliphatic rings. The van der Waals surface area contributed by atoms with E-state index in [1.807, 2.05) is 10.9 Å². The summed E-state index contributed by atoms with van der Waals surface area (Å²) in [5, 5.41) is 8.83. The van der Waals surface area contributed by atoms with E-state index in [0.29, 0.717) is 12.5 Å². The Labute approximate surface area is 159 Å². The molecule has 4 aromatic rings. The van der Waals surface area contributed by atoms with Crippen LogP contribution in [-0.2, 0) is 6.54 Å². The van der Waals surface area contributed by atoms with E-state index in [1.54, 1.807) is 6.33 Å². The molecule has 0 saturated heterocycles. The van der Waals surface area contributed by atoms with Gasteiger partial charge >= 0.3 is 0 Å². The minimum atomic E-state index is 0.518. The molecule has 0 amide bonds. The van der Waals surface area contributed by atoms with Crippen LogP contribution in [0.1, 0.15) is 36.5 Å². The van der Waals surface area contributed by atoms with Crippen molar-refractivity contribution >= 4 is 22.5 Å². The molecule has 2 heterocycles. The second kappa shape index (κ2) is 7.19. The van der Waals surface area contributed by atoms with Crippen LogP contribution in [0.25, 0.3) is 11.0 Å². The van der Waals surface area contributed by atoms with E-state index in [0.717, 1.165) is 22.5 Å². The SMILES string of the molecule is Cc1ccc(Cn2ncc3c(Nc4ccc(C(C)C)cc4)ncnc32)cc1. The fourth-order valence-corrected chi connectivity index (χ4v) is 3.06. The van der Waals surface area contributed by atoms with Crippen molar-refractivity contribution in [2.75, 3.05) is 5.32 Å². The van der Waals surface area contributed by atoms with Gasteiger partial charge < -0.3 is 5.32 Å². The fourth-order valence-electron chi connectivity index (χ4n) is 3.06. The summed E-state index contributed by atoms with van der Waals surface area (Å²) in [4.78, 5) is 8.86. The van der Waals surface area contributed by atoms with Crippen molar-refractivity contribution in [1.82, 2.24) is 19.7 Å². The smallest absolute Gasteiger partial charge is 0.163 e. The van der Waals surface area contributed by atoms with E-state index < -0.39 is 0 Å². The van der Waals surface area contributed by atoms with Gasteiger partial charge in [0.25, 0.3) is 0 Å². The Balaban J connectivity index is 1.61. The number of benzene rings is 2. The molecule has 2 aromatic heterocycles. The molecule has 0 radical (unpaired) electrons. The molecule has 0 atom stereocenters. The van der Waals surface area contributed by atoms with Crippen molar-refractivity contribution in [3.8, 4) is 0 Å². The Morgan fingerprint density at radius 2 is 1.70 bits per heavy atom. The molecule has 0 spiro atoms. The first kappa shape index (κ1) is 17.2.